The molecule has 0 rings (SSSR count). The lowest BCUT2D eigenvalue weighted by atomic mass is 10.0. The van der Waals surface area contributed by atoms with Gasteiger partial charge in [-0.3, -0.25) is 9.59 Å². The Kier molecular flexibility index (Phi) is 37.2. The topological polar surface area (TPSA) is 76.1 Å². The molecular weight excluding hydrogens is 610 g/mol. The Morgan fingerprint density at radius 1 is 0.429 bits per heavy atom. The number of carbonyl (C=O) groups is 2. The van der Waals surface area contributed by atoms with E-state index < -0.39 is 0 Å². The summed E-state index contributed by atoms with van der Waals surface area (Å²) in [4.78, 5) is 27.5. The van der Waals surface area contributed by atoms with E-state index in [9.17, 15) is 14.7 Å². The summed E-state index contributed by atoms with van der Waals surface area (Å²) in [5.41, 5.74) is 0. The molecule has 0 aromatic heterocycles. The van der Waals surface area contributed by atoms with Crippen LogP contribution in [0.4, 0.5) is 0 Å². The minimum atomic E-state index is -0.0294. The molecule has 0 heterocycles. The first-order valence-electron chi connectivity index (χ1n) is 21.7. The quantitative estimate of drug-likeness (QED) is 0.0509. The molecule has 0 aromatic rings. The second-order valence-electron chi connectivity index (χ2n) is 14.9. The van der Waals surface area contributed by atoms with E-state index in [2.05, 4.69) is 32.6 Å². The zero-order chi connectivity index (χ0) is 36.0. The summed E-state index contributed by atoms with van der Waals surface area (Å²) in [6.45, 7) is 11.8. The van der Waals surface area contributed by atoms with Crippen LogP contribution in [-0.4, -0.2) is 60.4 Å². The van der Waals surface area contributed by atoms with Crippen molar-refractivity contribution in [2.45, 2.75) is 239 Å². The van der Waals surface area contributed by atoms with Gasteiger partial charge in [-0.25, -0.2) is 0 Å². The highest BCUT2D eigenvalue weighted by Crippen LogP contribution is 2.19. The van der Waals surface area contributed by atoms with Crippen molar-refractivity contribution in [3.63, 3.8) is 0 Å². The van der Waals surface area contributed by atoms with Crippen molar-refractivity contribution in [2.24, 2.45) is 0 Å². The Labute approximate surface area is 305 Å². The number of rotatable bonds is 39. The fourth-order valence-corrected chi connectivity index (χ4v) is 6.83. The largest absolute Gasteiger partial charge is 0.462 e. The molecule has 49 heavy (non-hydrogen) atoms. The van der Waals surface area contributed by atoms with Gasteiger partial charge < -0.3 is 19.5 Å². The minimum Gasteiger partial charge on any atom is -0.462 e. The Bertz CT molecular complexity index is 702. The van der Waals surface area contributed by atoms with Crippen LogP contribution in [0.3, 0.4) is 0 Å². The van der Waals surface area contributed by atoms with Crippen LogP contribution in [0.15, 0.2) is 0 Å². The molecule has 1 N–H and O–H groups in total. The van der Waals surface area contributed by atoms with Gasteiger partial charge in [0.15, 0.2) is 0 Å². The normalized spacial score (nSPS) is 12.8. The van der Waals surface area contributed by atoms with Crippen molar-refractivity contribution >= 4 is 11.9 Å². The van der Waals surface area contributed by atoms with Crippen molar-refractivity contribution in [3.8, 4) is 0 Å². The molecule has 0 aliphatic carbocycles. The van der Waals surface area contributed by atoms with E-state index in [1.807, 2.05) is 0 Å². The maximum Gasteiger partial charge on any atom is 0.306 e. The zero-order valence-electron chi connectivity index (χ0n) is 33.4. The maximum absolute atomic E-state index is 12.7. The first kappa shape index (κ1) is 47.9. The van der Waals surface area contributed by atoms with E-state index >= 15 is 0 Å². The maximum atomic E-state index is 12.7. The molecule has 6 nitrogen and oxygen atoms in total. The third kappa shape index (κ3) is 33.7. The van der Waals surface area contributed by atoms with E-state index in [-0.39, 0.29) is 30.8 Å². The molecule has 0 radical (unpaired) electrons. The number of esters is 2. The molecule has 2 unspecified atom stereocenters. The second kappa shape index (κ2) is 38.1. The van der Waals surface area contributed by atoms with Gasteiger partial charge in [0.05, 0.1) is 6.61 Å². The summed E-state index contributed by atoms with van der Waals surface area (Å²) in [5.74, 6) is -0.0243. The van der Waals surface area contributed by atoms with Crippen LogP contribution >= 0.6 is 0 Å². The number of nitrogens with zero attached hydrogens (tertiary/aromatic N) is 1. The second-order valence-corrected chi connectivity index (χ2v) is 14.9. The van der Waals surface area contributed by atoms with Crippen molar-refractivity contribution < 1.29 is 24.2 Å². The molecule has 0 aromatic carbocycles. The standard InChI is InChI=1S/C43H85NO5/c1-5-9-12-15-19-25-33-41(32-24-18-14-11-7-3)49-43(47)34-26-20-16-21-28-36-44(38-39-45)37-29-22-27-35-42(46)48-40(30-8-4)31-23-17-13-10-6-2/h40-41,45H,5-39H2,1-4H3. The van der Waals surface area contributed by atoms with Crippen LogP contribution in [-0.2, 0) is 19.1 Å². The lowest BCUT2D eigenvalue weighted by Gasteiger charge is -2.21. The molecule has 0 spiro atoms. The molecule has 0 saturated heterocycles. The minimum absolute atomic E-state index is 0.00510. The molecule has 6 heteroatoms. The Hall–Kier alpha value is -1.14. The van der Waals surface area contributed by atoms with Crippen molar-refractivity contribution in [2.75, 3.05) is 26.2 Å². The third-order valence-electron chi connectivity index (χ3n) is 9.97. The van der Waals surface area contributed by atoms with Gasteiger partial charge in [0.1, 0.15) is 12.2 Å². The van der Waals surface area contributed by atoms with Crippen LogP contribution in [0.2, 0.25) is 0 Å². The molecule has 0 bridgehead atoms. The van der Waals surface area contributed by atoms with Crippen molar-refractivity contribution in [1.29, 1.82) is 0 Å². The van der Waals surface area contributed by atoms with Gasteiger partial charge in [0, 0.05) is 19.4 Å². The summed E-state index contributed by atoms with van der Waals surface area (Å²) < 4.78 is 11.8. The van der Waals surface area contributed by atoms with E-state index in [0.29, 0.717) is 19.4 Å². The molecule has 292 valence electrons. The average molecular weight is 696 g/mol. The molecule has 0 amide bonds. The molecule has 0 aliphatic rings. The monoisotopic (exact) mass is 696 g/mol. The summed E-state index contributed by atoms with van der Waals surface area (Å²) >= 11 is 0. The zero-order valence-corrected chi connectivity index (χ0v) is 33.4. The van der Waals surface area contributed by atoms with Crippen LogP contribution in [0.1, 0.15) is 227 Å². The van der Waals surface area contributed by atoms with Crippen LogP contribution in [0.25, 0.3) is 0 Å². The summed E-state index contributed by atoms with van der Waals surface area (Å²) in [7, 11) is 0. The van der Waals surface area contributed by atoms with E-state index in [1.165, 1.54) is 96.3 Å². The lowest BCUT2D eigenvalue weighted by molar-refractivity contribution is -0.151. The first-order chi connectivity index (χ1) is 24.0. The molecule has 2 atom stereocenters. The smallest absolute Gasteiger partial charge is 0.306 e. The number of ether oxygens (including phenoxy) is 2. The fourth-order valence-electron chi connectivity index (χ4n) is 6.83. The first-order valence-corrected chi connectivity index (χ1v) is 21.7. The Balaban J connectivity index is 4.13. The number of aliphatic hydroxyl groups excluding tert-OH is 1. The van der Waals surface area contributed by atoms with Gasteiger partial charge in [-0.1, -0.05) is 143 Å². The summed E-state index contributed by atoms with van der Waals surface area (Å²) in [6.07, 6.45) is 34.9. The number of carbonyl (C=O) groups excluding carboxylic acids is 2. The molecule has 0 aliphatic heterocycles. The Morgan fingerprint density at radius 2 is 0.776 bits per heavy atom. The highest BCUT2D eigenvalue weighted by Gasteiger charge is 2.15. The van der Waals surface area contributed by atoms with Gasteiger partial charge in [-0.15, -0.1) is 0 Å². The molecule has 0 fully saturated rings. The van der Waals surface area contributed by atoms with Gasteiger partial charge in [-0.05, 0) is 83.7 Å². The SMILES string of the molecule is CCCCCCCCC(CCCCCCC)OC(=O)CCCCCCCN(CCO)CCCCCC(=O)OC(CCC)CCCCCCC. The molecule has 0 saturated carbocycles. The highest BCUT2D eigenvalue weighted by atomic mass is 16.5. The van der Waals surface area contributed by atoms with E-state index in [0.717, 1.165) is 103 Å². The predicted octanol–water partition coefficient (Wildman–Crippen LogP) is 12.3. The summed E-state index contributed by atoms with van der Waals surface area (Å²) in [6, 6.07) is 0. The van der Waals surface area contributed by atoms with E-state index in [4.69, 9.17) is 9.47 Å². The highest BCUT2D eigenvalue weighted by molar-refractivity contribution is 5.69. The van der Waals surface area contributed by atoms with Gasteiger partial charge in [0.25, 0.3) is 0 Å². The van der Waals surface area contributed by atoms with Gasteiger partial charge in [0.2, 0.25) is 0 Å². The number of hydrogen-bond donors (Lipinski definition) is 1. The van der Waals surface area contributed by atoms with Crippen LogP contribution in [0, 0.1) is 0 Å². The number of unbranched alkanes of at least 4 members (excludes halogenated alkanes) is 19. The fraction of sp³-hybridized carbons (Fsp3) is 0.953. The predicted molar refractivity (Wildman–Crippen MR) is 209 cm³/mol. The van der Waals surface area contributed by atoms with Gasteiger partial charge in [-0.2, -0.15) is 0 Å². The number of aliphatic hydroxyl groups is 1. The average Bonchev–Trinajstić information content (AvgIpc) is 3.08. The van der Waals surface area contributed by atoms with Gasteiger partial charge >= 0.3 is 11.9 Å². The van der Waals surface area contributed by atoms with Crippen molar-refractivity contribution in [3.05, 3.63) is 0 Å². The van der Waals surface area contributed by atoms with Crippen LogP contribution < -0.4 is 0 Å². The summed E-state index contributed by atoms with van der Waals surface area (Å²) in [5, 5.41) is 9.56. The Morgan fingerprint density at radius 3 is 1.18 bits per heavy atom. The van der Waals surface area contributed by atoms with Crippen molar-refractivity contribution in [1.82, 2.24) is 4.90 Å². The lowest BCUT2D eigenvalue weighted by Crippen LogP contribution is -2.29. The third-order valence-corrected chi connectivity index (χ3v) is 9.97. The van der Waals surface area contributed by atoms with Crippen LogP contribution in [0.5, 0.6) is 0 Å². The molecular formula is C43H85NO5. The van der Waals surface area contributed by atoms with E-state index in [1.54, 1.807) is 0 Å². The number of hydrogen-bond acceptors (Lipinski definition) is 6.